The van der Waals surface area contributed by atoms with Gasteiger partial charge in [-0.3, -0.25) is 14.1 Å². The Morgan fingerprint density at radius 3 is 2.48 bits per heavy atom. The van der Waals surface area contributed by atoms with E-state index < -0.39 is 15.9 Å². The first-order valence-electron chi connectivity index (χ1n) is 8.47. The number of ether oxygens (including phenoxy) is 1. The van der Waals surface area contributed by atoms with E-state index in [1.54, 1.807) is 30.5 Å². The first-order valence-corrected chi connectivity index (χ1v) is 10.3. The molecule has 0 saturated carbocycles. The molecule has 0 unspecified atom stereocenters. The van der Waals surface area contributed by atoms with Crippen molar-refractivity contribution in [3.8, 4) is 5.75 Å². The normalized spacial score (nSPS) is 11.0. The molecule has 3 rings (SSSR count). The Labute approximate surface area is 174 Å². The zero-order valence-corrected chi connectivity index (χ0v) is 17.2. The number of amides is 1. The minimum absolute atomic E-state index is 0.0945. The summed E-state index contributed by atoms with van der Waals surface area (Å²) in [5.41, 5.74) is 0.935. The van der Waals surface area contributed by atoms with Crippen LogP contribution in [0.2, 0.25) is 5.02 Å². The van der Waals surface area contributed by atoms with E-state index in [1.165, 1.54) is 50.7 Å². The van der Waals surface area contributed by atoms with Gasteiger partial charge in [-0.2, -0.15) is 0 Å². The predicted molar refractivity (Wildman–Crippen MR) is 112 cm³/mol. The Bertz CT molecular complexity index is 1120. The van der Waals surface area contributed by atoms with Crippen molar-refractivity contribution in [1.29, 1.82) is 0 Å². The van der Waals surface area contributed by atoms with Gasteiger partial charge in [0.15, 0.2) is 0 Å². The van der Waals surface area contributed by atoms with Crippen molar-refractivity contribution in [1.82, 2.24) is 4.98 Å². The van der Waals surface area contributed by atoms with Crippen LogP contribution >= 0.6 is 11.6 Å². The molecule has 9 heteroatoms. The van der Waals surface area contributed by atoms with Gasteiger partial charge in [-0.1, -0.05) is 11.6 Å². The van der Waals surface area contributed by atoms with Crippen molar-refractivity contribution in [2.24, 2.45) is 0 Å². The number of pyridine rings is 1. The van der Waals surface area contributed by atoms with E-state index in [9.17, 15) is 13.2 Å². The maximum absolute atomic E-state index is 12.9. The molecule has 3 aromatic rings. The molecule has 0 aliphatic heterocycles. The molecule has 0 aliphatic carbocycles. The lowest BCUT2D eigenvalue weighted by atomic mass is 10.2. The number of nitrogens with zero attached hydrogens (tertiary/aromatic N) is 2. The van der Waals surface area contributed by atoms with E-state index in [0.29, 0.717) is 17.1 Å². The number of halogens is 1. The molecule has 0 bridgehead atoms. The Kier molecular flexibility index (Phi) is 6.05. The minimum Gasteiger partial charge on any atom is -0.497 e. The van der Waals surface area contributed by atoms with E-state index >= 15 is 0 Å². The smallest absolute Gasteiger partial charge is 0.264 e. The number of rotatable bonds is 6. The largest absolute Gasteiger partial charge is 0.497 e. The number of benzene rings is 2. The van der Waals surface area contributed by atoms with Crippen LogP contribution in [-0.4, -0.2) is 33.5 Å². The lowest BCUT2D eigenvalue weighted by molar-refractivity contribution is 0.102. The fraction of sp³-hybridized carbons (Fsp3) is 0.100. The van der Waals surface area contributed by atoms with Gasteiger partial charge in [0.05, 0.1) is 40.2 Å². The Morgan fingerprint density at radius 1 is 1.14 bits per heavy atom. The summed E-state index contributed by atoms with van der Waals surface area (Å²) in [5, 5.41) is 2.88. The van der Waals surface area contributed by atoms with Gasteiger partial charge >= 0.3 is 0 Å². The van der Waals surface area contributed by atoms with Crippen molar-refractivity contribution < 1.29 is 17.9 Å². The molecule has 150 valence electrons. The van der Waals surface area contributed by atoms with E-state index in [4.69, 9.17) is 16.3 Å². The fourth-order valence-electron chi connectivity index (χ4n) is 2.56. The highest BCUT2D eigenvalue weighted by atomic mass is 35.5. The molecule has 1 amide bonds. The zero-order chi connectivity index (χ0) is 21.0. The van der Waals surface area contributed by atoms with E-state index in [-0.39, 0.29) is 15.5 Å². The molecule has 0 radical (unpaired) electrons. The standard InChI is InChI=1S/C20H18ClN3O4S/c1-24(29(26,27)17-8-6-16(28-2)7-9-17)15-5-10-19(21)18(12-15)20(25)23-14-4-3-11-22-13-14/h3-13H,1-2H3,(H,23,25). The topological polar surface area (TPSA) is 88.6 Å². The van der Waals surface area contributed by atoms with Gasteiger partial charge in [0, 0.05) is 13.2 Å². The molecule has 0 saturated heterocycles. The molecule has 1 N–H and O–H groups in total. The third-order valence-electron chi connectivity index (χ3n) is 4.20. The average Bonchev–Trinajstić information content (AvgIpc) is 2.74. The van der Waals surface area contributed by atoms with Crippen molar-refractivity contribution in [2.45, 2.75) is 4.90 Å². The number of aromatic nitrogens is 1. The van der Waals surface area contributed by atoms with Crippen LogP contribution in [0.25, 0.3) is 0 Å². The number of hydrogen-bond donors (Lipinski definition) is 1. The Morgan fingerprint density at radius 2 is 1.86 bits per heavy atom. The summed E-state index contributed by atoms with van der Waals surface area (Å²) in [5.74, 6) is 0.0764. The van der Waals surface area contributed by atoms with Crippen LogP contribution in [0.3, 0.4) is 0 Å². The summed E-state index contributed by atoms with van der Waals surface area (Å²) in [6.07, 6.45) is 3.08. The minimum atomic E-state index is -3.84. The van der Waals surface area contributed by atoms with E-state index in [2.05, 4.69) is 10.3 Å². The molecule has 0 aliphatic rings. The fourth-order valence-corrected chi connectivity index (χ4v) is 3.95. The van der Waals surface area contributed by atoms with Crippen molar-refractivity contribution in [3.05, 3.63) is 77.6 Å². The van der Waals surface area contributed by atoms with E-state index in [0.717, 1.165) is 4.31 Å². The Balaban J connectivity index is 1.90. The highest BCUT2D eigenvalue weighted by molar-refractivity contribution is 7.92. The predicted octanol–water partition coefficient (Wildman–Crippen LogP) is 3.82. The van der Waals surface area contributed by atoms with Gasteiger partial charge in [-0.25, -0.2) is 8.42 Å². The lowest BCUT2D eigenvalue weighted by Crippen LogP contribution is -2.27. The van der Waals surface area contributed by atoms with Crippen LogP contribution in [0, 0.1) is 0 Å². The van der Waals surface area contributed by atoms with Gasteiger partial charge in [-0.15, -0.1) is 0 Å². The molecule has 2 aromatic carbocycles. The van der Waals surface area contributed by atoms with Crippen molar-refractivity contribution in [3.63, 3.8) is 0 Å². The van der Waals surface area contributed by atoms with Crippen LogP contribution in [0.5, 0.6) is 5.75 Å². The van der Waals surface area contributed by atoms with Gasteiger partial charge in [0.25, 0.3) is 15.9 Å². The summed E-state index contributed by atoms with van der Waals surface area (Å²) in [6, 6.07) is 13.8. The van der Waals surface area contributed by atoms with Crippen LogP contribution in [0.15, 0.2) is 71.9 Å². The first kappa shape index (κ1) is 20.6. The van der Waals surface area contributed by atoms with Gasteiger partial charge < -0.3 is 10.1 Å². The number of hydrogen-bond acceptors (Lipinski definition) is 5. The Hall–Kier alpha value is -3.10. The molecule has 0 fully saturated rings. The summed E-state index contributed by atoms with van der Waals surface area (Å²) < 4.78 is 32.0. The number of anilines is 2. The van der Waals surface area contributed by atoms with Crippen LogP contribution in [-0.2, 0) is 10.0 Å². The third kappa shape index (κ3) is 4.49. The van der Waals surface area contributed by atoms with Crippen LogP contribution in [0.4, 0.5) is 11.4 Å². The first-order chi connectivity index (χ1) is 13.8. The van der Waals surface area contributed by atoms with E-state index in [1.807, 2.05) is 0 Å². The second kappa shape index (κ2) is 8.50. The zero-order valence-electron chi connectivity index (χ0n) is 15.7. The molecular weight excluding hydrogens is 414 g/mol. The summed E-state index contributed by atoms with van der Waals surface area (Å²) in [6.45, 7) is 0. The molecular formula is C20H18ClN3O4S. The maximum Gasteiger partial charge on any atom is 0.264 e. The summed E-state index contributed by atoms with van der Waals surface area (Å²) in [7, 11) is -0.928. The van der Waals surface area contributed by atoms with Crippen LogP contribution < -0.4 is 14.4 Å². The third-order valence-corrected chi connectivity index (χ3v) is 6.32. The molecule has 0 atom stereocenters. The molecule has 0 spiro atoms. The quantitative estimate of drug-likeness (QED) is 0.640. The highest BCUT2D eigenvalue weighted by Gasteiger charge is 2.23. The molecule has 7 nitrogen and oxygen atoms in total. The molecule has 1 aromatic heterocycles. The van der Waals surface area contributed by atoms with Gasteiger partial charge in [-0.05, 0) is 54.6 Å². The average molecular weight is 432 g/mol. The second-order valence-corrected chi connectivity index (χ2v) is 8.38. The SMILES string of the molecule is COc1ccc(S(=O)(=O)N(C)c2ccc(Cl)c(C(=O)Nc3cccnc3)c2)cc1. The number of carbonyl (C=O) groups excluding carboxylic acids is 1. The second-order valence-electron chi connectivity index (χ2n) is 6.01. The number of sulfonamides is 1. The highest BCUT2D eigenvalue weighted by Crippen LogP contribution is 2.28. The number of methoxy groups -OCH3 is 1. The van der Waals surface area contributed by atoms with Gasteiger partial charge in [0.1, 0.15) is 5.75 Å². The maximum atomic E-state index is 12.9. The van der Waals surface area contributed by atoms with Gasteiger partial charge in [0.2, 0.25) is 0 Å². The monoisotopic (exact) mass is 431 g/mol. The molecule has 29 heavy (non-hydrogen) atoms. The molecule has 1 heterocycles. The summed E-state index contributed by atoms with van der Waals surface area (Å²) in [4.78, 5) is 16.6. The number of carbonyl (C=O) groups is 1. The van der Waals surface area contributed by atoms with Crippen molar-refractivity contribution >= 4 is 38.9 Å². The summed E-state index contributed by atoms with van der Waals surface area (Å²) >= 11 is 6.17. The van der Waals surface area contributed by atoms with Crippen molar-refractivity contribution in [2.75, 3.05) is 23.8 Å². The number of nitrogens with one attached hydrogen (secondary N) is 1. The van der Waals surface area contributed by atoms with Crippen LogP contribution in [0.1, 0.15) is 10.4 Å². The lowest BCUT2D eigenvalue weighted by Gasteiger charge is -2.20.